The molecule has 2 heterocycles. The standard InChI is InChI=1S/C13H22N5O4P.C12H19O6PS.C3H9BrSi/c1-4-21-23(19,22-5-2)9-20-10(3)6-18-8-17-11-12(14)15-7-16-13(11)18;1-4-16-19(13,17-5-2)10-18-20(14,15)12-8-6-11(3)7-9-12;1-5(2,3)4/h7-8,10H,4-6,9H2,1-3H3,(H2,14,15,16);6-9H,4-5,10H2,1-3H3;1-3H3/t10-;;/m1../s1. The molecule has 0 radical (unpaired) electrons. The molecular weight excluding hydrogens is 768 g/mol. The highest BCUT2D eigenvalue weighted by atomic mass is 79.9. The van der Waals surface area contributed by atoms with Crippen molar-refractivity contribution in [2.45, 2.75) is 78.7 Å². The van der Waals surface area contributed by atoms with Crippen molar-refractivity contribution in [1.82, 2.24) is 19.5 Å². The van der Waals surface area contributed by atoms with Gasteiger partial charge >= 0.3 is 15.2 Å². The first-order valence-corrected chi connectivity index (χ1v) is 25.9. The van der Waals surface area contributed by atoms with Crippen molar-refractivity contribution in [3.8, 4) is 0 Å². The number of benzene rings is 1. The first-order chi connectivity index (χ1) is 22.3. The number of halogens is 1. The second-order valence-corrected chi connectivity index (χ2v) is 27.8. The van der Waals surface area contributed by atoms with Crippen LogP contribution in [0.1, 0.15) is 40.2 Å². The number of nitrogens with zero attached hydrogens (tertiary/aromatic N) is 4. The van der Waals surface area contributed by atoms with E-state index >= 15 is 0 Å². The van der Waals surface area contributed by atoms with E-state index in [1.807, 2.05) is 18.4 Å². The highest BCUT2D eigenvalue weighted by molar-refractivity contribution is 9.26. The van der Waals surface area contributed by atoms with E-state index in [4.69, 9.17) is 32.7 Å². The van der Waals surface area contributed by atoms with Gasteiger partial charge in [-0.15, -0.1) is 15.3 Å². The smallest absolute Gasteiger partial charge is 0.357 e. The summed E-state index contributed by atoms with van der Waals surface area (Å²) in [6.45, 7) is 17.8. The number of rotatable bonds is 17. The molecule has 0 aliphatic carbocycles. The molecule has 0 spiro atoms. The summed E-state index contributed by atoms with van der Waals surface area (Å²) in [6.07, 6.45) is 2.04. The molecule has 1 atom stereocenters. The summed E-state index contributed by atoms with van der Waals surface area (Å²) >= 11 is 3.51. The summed E-state index contributed by atoms with van der Waals surface area (Å²) in [6, 6.07) is 6.16. The Kier molecular flexibility index (Phi) is 19.4. The van der Waals surface area contributed by atoms with Crippen LogP contribution in [0.15, 0.2) is 41.8 Å². The molecule has 2 aromatic heterocycles. The Labute approximate surface area is 293 Å². The molecule has 0 fully saturated rings. The number of nitrogens with two attached hydrogens (primary N) is 1. The van der Waals surface area contributed by atoms with Gasteiger partial charge < -0.3 is 33.1 Å². The molecule has 20 heteroatoms. The van der Waals surface area contributed by atoms with Crippen molar-refractivity contribution >= 4 is 64.3 Å². The third-order valence-electron chi connectivity index (χ3n) is 5.38. The van der Waals surface area contributed by atoms with Crippen LogP contribution in [0.2, 0.25) is 19.6 Å². The van der Waals surface area contributed by atoms with Crippen molar-refractivity contribution in [3.63, 3.8) is 0 Å². The van der Waals surface area contributed by atoms with Crippen molar-refractivity contribution in [1.29, 1.82) is 0 Å². The molecular formula is C28H50BrN5O10P2SSi. The summed E-state index contributed by atoms with van der Waals surface area (Å²) < 4.78 is 80.9. The number of anilines is 1. The van der Waals surface area contributed by atoms with Crippen LogP contribution in [0, 0.1) is 6.92 Å². The fourth-order valence-corrected chi connectivity index (χ4v) is 7.63. The van der Waals surface area contributed by atoms with Gasteiger partial charge in [-0.05, 0) is 53.7 Å². The van der Waals surface area contributed by atoms with Gasteiger partial charge in [0.05, 0.1) is 50.3 Å². The molecule has 0 aliphatic rings. The summed E-state index contributed by atoms with van der Waals surface area (Å²) in [5.41, 5.74) is 7.86. The molecule has 274 valence electrons. The number of fused-ring (bicyclic) bond motifs is 1. The monoisotopic (exact) mass is 817 g/mol. The summed E-state index contributed by atoms with van der Waals surface area (Å²) in [5.74, 6) is 0.333. The Balaban J connectivity index is 0.000000424. The fourth-order valence-electron chi connectivity index (χ4n) is 3.50. The van der Waals surface area contributed by atoms with Gasteiger partial charge in [-0.25, -0.2) is 15.0 Å². The Morgan fingerprint density at radius 2 is 1.35 bits per heavy atom. The van der Waals surface area contributed by atoms with Gasteiger partial charge in [0.1, 0.15) is 24.9 Å². The summed E-state index contributed by atoms with van der Waals surface area (Å²) in [4.78, 5) is 12.3. The molecule has 0 bridgehead atoms. The topological polar surface area (TPSA) is 193 Å². The van der Waals surface area contributed by atoms with E-state index in [1.54, 1.807) is 46.2 Å². The first kappa shape index (κ1) is 44.5. The van der Waals surface area contributed by atoms with Crippen LogP contribution in [0.25, 0.3) is 11.2 Å². The lowest BCUT2D eigenvalue weighted by Crippen LogP contribution is -2.18. The Bertz CT molecular complexity index is 1570. The van der Waals surface area contributed by atoms with Gasteiger partial charge in [-0.2, -0.15) is 8.42 Å². The maximum absolute atomic E-state index is 12.4. The van der Waals surface area contributed by atoms with Crippen LogP contribution in [0.3, 0.4) is 0 Å². The van der Waals surface area contributed by atoms with E-state index in [0.717, 1.165) is 5.56 Å². The van der Waals surface area contributed by atoms with Gasteiger partial charge in [0.15, 0.2) is 17.8 Å². The highest BCUT2D eigenvalue weighted by Crippen LogP contribution is 2.49. The highest BCUT2D eigenvalue weighted by Gasteiger charge is 2.28. The molecule has 2 N–H and O–H groups in total. The van der Waals surface area contributed by atoms with Crippen LogP contribution in [-0.2, 0) is 52.8 Å². The molecule has 48 heavy (non-hydrogen) atoms. The zero-order chi connectivity index (χ0) is 36.6. The largest absolute Gasteiger partial charge is 0.382 e. The van der Waals surface area contributed by atoms with E-state index in [0.29, 0.717) is 36.7 Å². The minimum absolute atomic E-state index is 0.00245. The number of hydrogen-bond acceptors (Lipinski definition) is 14. The van der Waals surface area contributed by atoms with E-state index in [2.05, 4.69) is 49.9 Å². The van der Waals surface area contributed by atoms with E-state index < -0.39 is 38.4 Å². The molecule has 3 aromatic rings. The van der Waals surface area contributed by atoms with Crippen molar-refractivity contribution in [2.24, 2.45) is 0 Å². The lowest BCUT2D eigenvalue weighted by Gasteiger charge is -2.20. The predicted octanol–water partition coefficient (Wildman–Crippen LogP) is 7.18. The third kappa shape index (κ3) is 16.9. The molecule has 0 amide bonds. The maximum atomic E-state index is 12.4. The Hall–Kier alpha value is -1.56. The SMILES string of the molecule is CCOP(=O)(COS(=O)(=O)c1ccc(C)cc1)OCC.CCOP(=O)(CO[C@H](C)Cn1cnc2c(N)ncnc21)OCC.C[Si](C)(C)Br. The van der Waals surface area contributed by atoms with E-state index in [9.17, 15) is 17.5 Å². The maximum Gasteiger partial charge on any atom is 0.357 e. The van der Waals surface area contributed by atoms with Gasteiger partial charge in [0.2, 0.25) is 0 Å². The van der Waals surface area contributed by atoms with Crippen LogP contribution in [0.5, 0.6) is 0 Å². The third-order valence-corrected chi connectivity index (χ3v) is 10.3. The van der Waals surface area contributed by atoms with Crippen molar-refractivity contribution in [2.75, 3.05) is 44.9 Å². The molecule has 0 aliphatic heterocycles. The number of ether oxygens (including phenoxy) is 1. The molecule has 0 unspecified atom stereocenters. The predicted molar refractivity (Wildman–Crippen MR) is 193 cm³/mol. The van der Waals surface area contributed by atoms with Crippen LogP contribution < -0.4 is 5.73 Å². The molecule has 1 aromatic carbocycles. The molecule has 0 saturated heterocycles. The first-order valence-electron chi connectivity index (χ1n) is 15.3. The van der Waals surface area contributed by atoms with Crippen molar-refractivity contribution in [3.05, 3.63) is 42.5 Å². The van der Waals surface area contributed by atoms with Gasteiger partial charge in [0.25, 0.3) is 10.1 Å². The molecule has 3 rings (SSSR count). The Morgan fingerprint density at radius 3 is 1.83 bits per heavy atom. The number of aromatic nitrogens is 4. The number of hydrogen-bond donors (Lipinski definition) is 1. The van der Waals surface area contributed by atoms with Crippen LogP contribution in [0.4, 0.5) is 5.82 Å². The Morgan fingerprint density at radius 1 is 0.875 bits per heavy atom. The average Bonchev–Trinajstić information content (AvgIpc) is 3.39. The lowest BCUT2D eigenvalue weighted by molar-refractivity contribution is 0.0672. The van der Waals surface area contributed by atoms with Crippen LogP contribution in [-0.4, -0.2) is 79.9 Å². The minimum atomic E-state index is -3.98. The zero-order valence-corrected chi connectivity index (χ0v) is 34.3. The normalized spacial score (nSPS) is 13.0. The summed E-state index contributed by atoms with van der Waals surface area (Å²) in [7, 11) is -10.7. The zero-order valence-electron chi connectivity index (χ0n) is 29.1. The fraction of sp³-hybridized carbons (Fsp3) is 0.607. The van der Waals surface area contributed by atoms with Gasteiger partial charge in [-0.1, -0.05) is 37.3 Å². The van der Waals surface area contributed by atoms with Gasteiger partial charge in [-0.3, -0.25) is 13.3 Å². The van der Waals surface area contributed by atoms with Gasteiger partial charge in [0, 0.05) is 0 Å². The summed E-state index contributed by atoms with van der Waals surface area (Å²) in [5, 5.41) is 0. The van der Waals surface area contributed by atoms with Crippen LogP contribution >= 0.6 is 30.5 Å². The number of aryl methyl sites for hydroxylation is 1. The van der Waals surface area contributed by atoms with E-state index in [1.165, 1.54) is 18.5 Å². The number of imidazole rings is 1. The molecule has 0 saturated carbocycles. The minimum Gasteiger partial charge on any atom is -0.382 e. The quantitative estimate of drug-likeness (QED) is 0.0623. The average molecular weight is 819 g/mol. The number of nitrogen functional groups attached to an aromatic ring is 1. The van der Waals surface area contributed by atoms with Crippen molar-refractivity contribution < 1.29 is 44.6 Å². The molecule has 15 nitrogen and oxygen atoms in total. The second-order valence-electron chi connectivity index (χ2n) is 10.9. The lowest BCUT2D eigenvalue weighted by atomic mass is 10.2. The van der Waals surface area contributed by atoms with E-state index in [-0.39, 0.29) is 30.6 Å². The second kappa shape index (κ2) is 21.0.